The van der Waals surface area contributed by atoms with Crippen LogP contribution in [-0.4, -0.2) is 6.29 Å². The largest absolute Gasteiger partial charge is 0.311 e. The molecule has 168 valence electrons. The van der Waals surface area contributed by atoms with Gasteiger partial charge in [-0.25, -0.2) is 0 Å². The Labute approximate surface area is 198 Å². The number of fused-ring (bicyclic) bond motifs is 3. The number of para-hydroxylation sites is 1. The zero-order valence-corrected chi connectivity index (χ0v) is 20.0. The number of hydrogen-bond donors (Lipinski definition) is 0. The molecule has 0 bridgehead atoms. The van der Waals surface area contributed by atoms with Crippen LogP contribution in [0.15, 0.2) is 95.9 Å². The molecule has 0 amide bonds. The number of anilines is 1. The van der Waals surface area contributed by atoms with Crippen LogP contribution in [0.2, 0.25) is 0 Å². The van der Waals surface area contributed by atoms with Crippen molar-refractivity contribution < 1.29 is 4.79 Å². The zero-order valence-electron chi connectivity index (χ0n) is 20.0. The van der Waals surface area contributed by atoms with Crippen molar-refractivity contribution in [1.29, 1.82) is 0 Å². The molecule has 2 aromatic carbocycles. The van der Waals surface area contributed by atoms with Gasteiger partial charge in [-0.15, -0.1) is 0 Å². The zero-order chi connectivity index (χ0) is 23.1. The Morgan fingerprint density at radius 1 is 0.939 bits per heavy atom. The SMILES string of the molecule is CCC1(CC)C2=CC(N(C3=CCCC=C3)c3ccccc3)=CCC2(C)c2ccc(C=O)cc21. The van der Waals surface area contributed by atoms with Gasteiger partial charge in [0.05, 0.1) is 0 Å². The van der Waals surface area contributed by atoms with E-state index in [1.54, 1.807) is 0 Å². The highest BCUT2D eigenvalue weighted by Crippen LogP contribution is 2.60. The minimum absolute atomic E-state index is 0.0363. The number of hydrogen-bond acceptors (Lipinski definition) is 2. The first-order chi connectivity index (χ1) is 16.1. The molecule has 0 heterocycles. The lowest BCUT2D eigenvalue weighted by Gasteiger charge is -2.40. The average molecular weight is 436 g/mol. The van der Waals surface area contributed by atoms with Crippen LogP contribution >= 0.6 is 0 Å². The molecule has 2 nitrogen and oxygen atoms in total. The second kappa shape index (κ2) is 8.33. The molecule has 0 aliphatic heterocycles. The minimum Gasteiger partial charge on any atom is -0.311 e. The van der Waals surface area contributed by atoms with E-state index in [1.165, 1.54) is 33.8 Å². The summed E-state index contributed by atoms with van der Waals surface area (Å²) in [6, 6.07) is 17.1. The van der Waals surface area contributed by atoms with Crippen molar-refractivity contribution in [2.75, 3.05) is 4.90 Å². The number of aldehydes is 1. The molecule has 0 N–H and O–H groups in total. The molecule has 0 spiro atoms. The van der Waals surface area contributed by atoms with Gasteiger partial charge in [0.15, 0.2) is 0 Å². The Bertz CT molecular complexity index is 1190. The Hall–Kier alpha value is -3.13. The predicted octanol–water partition coefficient (Wildman–Crippen LogP) is 7.78. The summed E-state index contributed by atoms with van der Waals surface area (Å²) in [5.41, 5.74) is 8.63. The fourth-order valence-electron chi connectivity index (χ4n) is 6.32. The van der Waals surface area contributed by atoms with E-state index in [0.29, 0.717) is 0 Å². The van der Waals surface area contributed by atoms with Gasteiger partial charge in [-0.1, -0.05) is 69.3 Å². The third kappa shape index (κ3) is 3.27. The van der Waals surface area contributed by atoms with Crippen molar-refractivity contribution in [2.45, 2.75) is 63.7 Å². The molecule has 1 atom stereocenters. The fraction of sp³-hybridized carbons (Fsp3) is 0.323. The number of nitrogens with zero attached hydrogens (tertiary/aromatic N) is 1. The Morgan fingerprint density at radius 2 is 1.73 bits per heavy atom. The summed E-state index contributed by atoms with van der Waals surface area (Å²) in [7, 11) is 0. The molecular weight excluding hydrogens is 402 g/mol. The smallest absolute Gasteiger partial charge is 0.150 e. The first-order valence-electron chi connectivity index (χ1n) is 12.3. The summed E-state index contributed by atoms with van der Waals surface area (Å²) in [4.78, 5) is 14.0. The number of rotatable bonds is 6. The number of carbonyl (C=O) groups is 1. The molecule has 3 aliphatic carbocycles. The summed E-state index contributed by atoms with van der Waals surface area (Å²) in [6.07, 6.45) is 18.0. The van der Waals surface area contributed by atoms with Gasteiger partial charge in [-0.05, 0) is 79.2 Å². The van der Waals surface area contributed by atoms with Gasteiger partial charge in [-0.2, -0.15) is 0 Å². The van der Waals surface area contributed by atoms with Gasteiger partial charge in [0.1, 0.15) is 6.29 Å². The lowest BCUT2D eigenvalue weighted by Crippen LogP contribution is -2.34. The second-order valence-electron chi connectivity index (χ2n) is 9.71. The Morgan fingerprint density at radius 3 is 2.39 bits per heavy atom. The summed E-state index contributed by atoms with van der Waals surface area (Å²) >= 11 is 0. The molecule has 5 rings (SSSR count). The number of allylic oxidation sites excluding steroid dienone is 6. The second-order valence-corrected chi connectivity index (χ2v) is 9.71. The Kier molecular flexibility index (Phi) is 5.48. The van der Waals surface area contributed by atoms with Gasteiger partial charge in [0.25, 0.3) is 0 Å². The van der Waals surface area contributed by atoms with Crippen LogP contribution in [0.5, 0.6) is 0 Å². The van der Waals surface area contributed by atoms with Crippen molar-refractivity contribution >= 4 is 12.0 Å². The van der Waals surface area contributed by atoms with E-state index in [2.05, 4.69) is 98.5 Å². The molecule has 0 saturated carbocycles. The third-order valence-electron chi connectivity index (χ3n) is 8.12. The highest BCUT2D eigenvalue weighted by atomic mass is 16.1. The minimum atomic E-state index is -0.0399. The summed E-state index contributed by atoms with van der Waals surface area (Å²) < 4.78 is 0. The van der Waals surface area contributed by atoms with Crippen molar-refractivity contribution in [2.24, 2.45) is 0 Å². The Balaban J connectivity index is 1.68. The van der Waals surface area contributed by atoms with Crippen LogP contribution in [0.4, 0.5) is 5.69 Å². The molecule has 0 aromatic heterocycles. The van der Waals surface area contributed by atoms with Crippen LogP contribution in [-0.2, 0) is 10.8 Å². The van der Waals surface area contributed by atoms with E-state index in [9.17, 15) is 4.79 Å². The van der Waals surface area contributed by atoms with Gasteiger partial charge in [0, 0.05) is 33.5 Å². The van der Waals surface area contributed by atoms with Crippen LogP contribution in [0, 0.1) is 0 Å². The van der Waals surface area contributed by atoms with E-state index in [1.807, 2.05) is 6.07 Å². The molecule has 33 heavy (non-hydrogen) atoms. The van der Waals surface area contributed by atoms with Gasteiger partial charge in [-0.3, -0.25) is 4.79 Å². The summed E-state index contributed by atoms with van der Waals surface area (Å²) in [6.45, 7) is 6.99. The standard InChI is InChI=1S/C31H33NO/c1-4-31(5-2)28-20-23(22-33)16-17-27(28)30(3)19-18-26(21-29(30)31)32(24-12-8-6-9-13-24)25-14-10-7-11-15-25/h6,8-10,12-18,20-22H,4-5,7,11,19H2,1-3H3. The topological polar surface area (TPSA) is 20.3 Å². The molecule has 1 unspecified atom stereocenters. The van der Waals surface area contributed by atoms with Crippen LogP contribution in [0.1, 0.15) is 74.4 Å². The summed E-state index contributed by atoms with van der Waals surface area (Å²) in [5, 5.41) is 0. The van der Waals surface area contributed by atoms with Crippen molar-refractivity contribution in [3.8, 4) is 0 Å². The first kappa shape index (κ1) is 21.7. The van der Waals surface area contributed by atoms with E-state index < -0.39 is 0 Å². The van der Waals surface area contributed by atoms with Gasteiger partial charge >= 0.3 is 0 Å². The highest BCUT2D eigenvalue weighted by molar-refractivity contribution is 5.77. The van der Waals surface area contributed by atoms with Crippen LogP contribution in [0.25, 0.3) is 0 Å². The maximum Gasteiger partial charge on any atom is 0.150 e. The average Bonchev–Trinajstić information content (AvgIpc) is 3.09. The number of benzene rings is 2. The van der Waals surface area contributed by atoms with Gasteiger partial charge < -0.3 is 4.90 Å². The van der Waals surface area contributed by atoms with E-state index >= 15 is 0 Å². The highest BCUT2D eigenvalue weighted by Gasteiger charge is 2.53. The molecule has 0 radical (unpaired) electrons. The fourth-order valence-corrected chi connectivity index (χ4v) is 6.32. The first-order valence-corrected chi connectivity index (χ1v) is 12.3. The van der Waals surface area contributed by atoms with Crippen molar-refractivity contribution in [1.82, 2.24) is 0 Å². The maximum atomic E-state index is 11.6. The molecule has 0 saturated heterocycles. The molecule has 0 fully saturated rings. The van der Waals surface area contributed by atoms with E-state index in [0.717, 1.165) is 44.0 Å². The number of carbonyl (C=O) groups excluding carboxylic acids is 1. The molecule has 2 aromatic rings. The molecule has 3 aliphatic rings. The maximum absolute atomic E-state index is 11.6. The monoisotopic (exact) mass is 435 g/mol. The van der Waals surface area contributed by atoms with Crippen molar-refractivity contribution in [3.63, 3.8) is 0 Å². The van der Waals surface area contributed by atoms with E-state index in [-0.39, 0.29) is 10.8 Å². The van der Waals surface area contributed by atoms with E-state index in [4.69, 9.17) is 0 Å². The predicted molar refractivity (Wildman–Crippen MR) is 138 cm³/mol. The molecular formula is C31H33NO. The third-order valence-corrected chi connectivity index (χ3v) is 8.12. The molecule has 2 heteroatoms. The normalized spacial score (nSPS) is 22.6. The van der Waals surface area contributed by atoms with Crippen LogP contribution < -0.4 is 4.90 Å². The summed E-state index contributed by atoms with van der Waals surface area (Å²) in [5.74, 6) is 0. The van der Waals surface area contributed by atoms with Crippen molar-refractivity contribution in [3.05, 3.63) is 113 Å². The van der Waals surface area contributed by atoms with Crippen LogP contribution in [0.3, 0.4) is 0 Å². The lowest BCUT2D eigenvalue weighted by molar-refractivity contribution is 0.112. The quantitative estimate of drug-likeness (QED) is 0.432. The van der Waals surface area contributed by atoms with Gasteiger partial charge in [0.2, 0.25) is 0 Å². The lowest BCUT2D eigenvalue weighted by atomic mass is 9.66.